The Bertz CT molecular complexity index is 1360. The number of aliphatic hydroxyl groups is 3. The minimum atomic E-state index is -1.89. The molecule has 37 heavy (non-hydrogen) atoms. The average Bonchev–Trinajstić information content (AvgIpc) is 2.90. The average molecular weight is 513 g/mol. The van der Waals surface area contributed by atoms with Crippen LogP contribution in [-0.2, 0) is 22.5 Å². The highest BCUT2D eigenvalue weighted by Gasteiger charge is 2.46. The summed E-state index contributed by atoms with van der Waals surface area (Å²) in [5.74, 6) is 0.00766. The Morgan fingerprint density at radius 3 is 2.41 bits per heavy atom. The first kappa shape index (κ1) is 25.0. The van der Waals surface area contributed by atoms with Crippen molar-refractivity contribution in [2.45, 2.75) is 43.7 Å². The molecule has 11 heteroatoms. The van der Waals surface area contributed by atoms with Crippen molar-refractivity contribution in [3.63, 3.8) is 0 Å². The molecule has 0 bridgehead atoms. The molecule has 5 atom stereocenters. The molecule has 3 heterocycles. The lowest BCUT2D eigenvalue weighted by Crippen LogP contribution is -2.63. The second-order valence-electron chi connectivity index (χ2n) is 8.90. The number of fused-ring (bicyclic) bond motifs is 4. The van der Waals surface area contributed by atoms with Gasteiger partial charge in [0.15, 0.2) is 35.7 Å². The third-order valence-electron chi connectivity index (χ3n) is 6.84. The second kappa shape index (κ2) is 9.67. The van der Waals surface area contributed by atoms with Crippen molar-refractivity contribution in [3.8, 4) is 34.3 Å². The van der Waals surface area contributed by atoms with E-state index in [4.69, 9.17) is 23.7 Å². The fourth-order valence-electron chi connectivity index (χ4n) is 4.90. The van der Waals surface area contributed by atoms with Crippen molar-refractivity contribution >= 4 is 16.7 Å². The van der Waals surface area contributed by atoms with Crippen LogP contribution in [-0.4, -0.2) is 73.3 Å². The number of nitrogens with zero attached hydrogens (tertiary/aromatic N) is 1. The van der Waals surface area contributed by atoms with Crippen LogP contribution < -0.4 is 28.6 Å². The molecule has 0 amide bonds. The Labute approximate surface area is 212 Å². The maximum absolute atomic E-state index is 11.4. The predicted molar refractivity (Wildman–Crippen MR) is 125 cm³/mol. The van der Waals surface area contributed by atoms with Crippen LogP contribution in [0.2, 0.25) is 0 Å². The molecule has 0 unspecified atom stereocenters. The fourth-order valence-corrected chi connectivity index (χ4v) is 4.90. The molecule has 2 aliphatic rings. The highest BCUT2D eigenvalue weighted by Crippen LogP contribution is 2.41. The van der Waals surface area contributed by atoms with E-state index in [0.717, 1.165) is 27.6 Å². The van der Waals surface area contributed by atoms with Crippen LogP contribution in [0.3, 0.4) is 0 Å². The lowest BCUT2D eigenvalue weighted by atomic mass is 9.95. The third-order valence-corrected chi connectivity index (χ3v) is 6.84. The number of carbonyl (C=O) groups excluding carboxylic acids is 1. The smallest absolute Gasteiger partial charge is 0.229 e. The van der Waals surface area contributed by atoms with Gasteiger partial charge in [-0.1, -0.05) is 0 Å². The molecule has 2 aromatic carbocycles. The molecule has 0 radical (unpaired) electrons. The van der Waals surface area contributed by atoms with E-state index in [9.17, 15) is 25.2 Å². The minimum absolute atomic E-state index is 0.159. The summed E-state index contributed by atoms with van der Waals surface area (Å²) >= 11 is 0. The Balaban J connectivity index is 1.57. The number of rotatable bonds is 6. The molecule has 3 aromatic rings. The van der Waals surface area contributed by atoms with Crippen LogP contribution in [0.25, 0.3) is 22.0 Å². The molecule has 11 nitrogen and oxygen atoms in total. The van der Waals surface area contributed by atoms with Crippen LogP contribution in [0.5, 0.6) is 23.0 Å². The zero-order valence-corrected chi connectivity index (χ0v) is 20.4. The minimum Gasteiger partial charge on any atom is -0.547 e. The van der Waals surface area contributed by atoms with Crippen molar-refractivity contribution in [3.05, 3.63) is 42.1 Å². The molecule has 1 saturated heterocycles. The number of hydrogen-bond acceptors (Lipinski definition) is 10. The molecule has 1 aromatic heterocycles. The first-order chi connectivity index (χ1) is 17.8. The van der Waals surface area contributed by atoms with E-state index in [0.29, 0.717) is 30.2 Å². The molecule has 5 rings (SSSR count). The summed E-state index contributed by atoms with van der Waals surface area (Å²) in [5, 5.41) is 43.7. The fraction of sp³-hybridized carbons (Fsp3) is 0.385. The first-order valence-electron chi connectivity index (χ1n) is 11.6. The Morgan fingerprint density at radius 2 is 1.73 bits per heavy atom. The van der Waals surface area contributed by atoms with E-state index in [2.05, 4.69) is 4.57 Å². The highest BCUT2D eigenvalue weighted by atomic mass is 16.7. The summed E-state index contributed by atoms with van der Waals surface area (Å²) in [4.78, 5) is 11.4. The van der Waals surface area contributed by atoms with Crippen molar-refractivity contribution in [2.75, 3.05) is 21.3 Å². The van der Waals surface area contributed by atoms with Gasteiger partial charge >= 0.3 is 0 Å². The van der Waals surface area contributed by atoms with Gasteiger partial charge in [-0.2, -0.15) is 4.57 Å². The highest BCUT2D eigenvalue weighted by molar-refractivity contribution is 5.91. The van der Waals surface area contributed by atoms with Crippen molar-refractivity contribution in [1.29, 1.82) is 0 Å². The number of aromatic nitrogens is 1. The second-order valence-corrected chi connectivity index (χ2v) is 8.90. The third kappa shape index (κ3) is 4.19. The standard InChI is InChI=1S/C26H27NO10/c1-33-17-5-4-12-8-16-14-10-19(36-26-22(30)20(28)21(29)24(37-26)25(31)32)18(34-2)9-13(14)6-7-27(16)11-15(12)23(17)35-3/h4-5,8-11,20-22,24,26,28-30H,6-7H2,1-3H3/t20-,21-,22+,24-,26+/m0/s1. The zero-order chi connectivity index (χ0) is 26.4. The maximum atomic E-state index is 11.4. The molecule has 0 spiro atoms. The van der Waals surface area contributed by atoms with E-state index >= 15 is 0 Å². The van der Waals surface area contributed by atoms with E-state index in [1.54, 1.807) is 20.3 Å². The molecular weight excluding hydrogens is 486 g/mol. The lowest BCUT2D eigenvalue weighted by Gasteiger charge is -2.40. The molecule has 0 saturated carbocycles. The van der Waals surface area contributed by atoms with E-state index in [-0.39, 0.29) is 5.75 Å². The largest absolute Gasteiger partial charge is 0.547 e. The number of hydrogen-bond donors (Lipinski definition) is 3. The van der Waals surface area contributed by atoms with E-state index < -0.39 is 36.7 Å². The number of carboxylic acids is 1. The molecule has 0 aliphatic carbocycles. The Kier molecular flexibility index (Phi) is 6.54. The number of carboxylic acid groups (broad SMARTS) is 1. The van der Waals surface area contributed by atoms with Crippen LogP contribution in [0, 0.1) is 0 Å². The summed E-state index contributed by atoms with van der Waals surface area (Å²) in [5.41, 5.74) is 2.72. The summed E-state index contributed by atoms with van der Waals surface area (Å²) < 4.78 is 29.7. The van der Waals surface area contributed by atoms with Gasteiger partial charge in [0, 0.05) is 12.5 Å². The molecule has 196 valence electrons. The van der Waals surface area contributed by atoms with E-state index in [1.165, 1.54) is 7.11 Å². The normalized spacial score (nSPS) is 24.6. The lowest BCUT2D eigenvalue weighted by molar-refractivity contribution is -0.686. The van der Waals surface area contributed by atoms with Gasteiger partial charge in [0.2, 0.25) is 12.0 Å². The van der Waals surface area contributed by atoms with Gasteiger partial charge in [-0.15, -0.1) is 0 Å². The Morgan fingerprint density at radius 1 is 0.973 bits per heavy atom. The van der Waals surface area contributed by atoms with Crippen LogP contribution in [0.15, 0.2) is 36.5 Å². The van der Waals surface area contributed by atoms with Crippen molar-refractivity contribution < 1.29 is 53.5 Å². The van der Waals surface area contributed by atoms with Crippen LogP contribution in [0.1, 0.15) is 5.56 Å². The molecule has 1 fully saturated rings. The quantitative estimate of drug-likeness (QED) is 0.362. The zero-order valence-electron chi connectivity index (χ0n) is 20.4. The van der Waals surface area contributed by atoms with Gasteiger partial charge in [-0.3, -0.25) is 0 Å². The monoisotopic (exact) mass is 513 g/mol. The van der Waals surface area contributed by atoms with Gasteiger partial charge < -0.3 is 48.9 Å². The van der Waals surface area contributed by atoms with Crippen molar-refractivity contribution in [2.24, 2.45) is 0 Å². The van der Waals surface area contributed by atoms with Crippen molar-refractivity contribution in [1.82, 2.24) is 0 Å². The molecule has 3 N–H and O–H groups in total. The summed E-state index contributed by atoms with van der Waals surface area (Å²) in [6.07, 6.45) is -6.21. The van der Waals surface area contributed by atoms with Gasteiger partial charge in [0.1, 0.15) is 24.4 Å². The number of benzene rings is 2. The molecule has 2 aliphatic heterocycles. The number of aliphatic carboxylic acids is 1. The maximum Gasteiger partial charge on any atom is 0.229 e. The number of pyridine rings is 1. The van der Waals surface area contributed by atoms with Gasteiger partial charge in [0.05, 0.1) is 38.2 Å². The SMILES string of the molecule is COc1cc2c(cc1O[C@@H]1O[C@H](C(=O)[O-])[C@@H](O)[C@H](O)[C@H]1O)-c1cc3ccc(OC)c(OC)c3c[n+]1CC2. The van der Waals surface area contributed by atoms with Crippen LogP contribution in [0.4, 0.5) is 0 Å². The Hall–Kier alpha value is -3.64. The summed E-state index contributed by atoms with van der Waals surface area (Å²) in [7, 11) is 4.63. The van der Waals surface area contributed by atoms with Crippen LogP contribution >= 0.6 is 0 Å². The van der Waals surface area contributed by atoms with E-state index in [1.807, 2.05) is 30.5 Å². The topological polar surface area (TPSA) is 151 Å². The van der Waals surface area contributed by atoms with Gasteiger partial charge in [-0.05, 0) is 35.2 Å². The number of carbonyl (C=O) groups is 1. The van der Waals surface area contributed by atoms with Gasteiger partial charge in [0.25, 0.3) is 0 Å². The number of aliphatic hydroxyl groups excluding tert-OH is 3. The number of methoxy groups -OCH3 is 3. The summed E-state index contributed by atoms with van der Waals surface area (Å²) in [6.45, 7) is 0.698. The summed E-state index contributed by atoms with van der Waals surface area (Å²) in [6, 6.07) is 9.31. The van der Waals surface area contributed by atoms with Gasteiger partial charge in [-0.25, -0.2) is 0 Å². The number of ether oxygens (including phenoxy) is 5. The molecular formula is C26H27NO10. The predicted octanol–water partition coefficient (Wildman–Crippen LogP) is -0.687. The number of aryl methyl sites for hydroxylation is 2. The first-order valence-corrected chi connectivity index (χ1v) is 11.6.